The van der Waals surface area contributed by atoms with E-state index >= 15 is 0 Å². The van der Waals surface area contributed by atoms with E-state index in [9.17, 15) is 0 Å². The number of hydrogen-bond acceptors (Lipinski definition) is 2. The van der Waals surface area contributed by atoms with Gasteiger partial charge in [0.15, 0.2) is 5.96 Å². The molecule has 1 saturated carbocycles. The number of benzene rings is 1. The van der Waals surface area contributed by atoms with Crippen molar-refractivity contribution in [2.45, 2.75) is 25.4 Å². The first kappa shape index (κ1) is 11.8. The molecule has 1 fully saturated rings. The van der Waals surface area contributed by atoms with Gasteiger partial charge in [0.1, 0.15) is 0 Å². The maximum atomic E-state index is 5.81. The summed E-state index contributed by atoms with van der Waals surface area (Å²) in [6.07, 6.45) is 5.99. The number of hydrogen-bond donors (Lipinski definition) is 2. The standard InChI is InChI=1S/C14H17N5/c15-14(17-12-6-7-12)18-13-8-16-19(10-13)9-11-4-2-1-3-5-11/h1-5,8,10,12H,6-7,9H2,(H3,15,17,18). The highest BCUT2D eigenvalue weighted by molar-refractivity contribution is 5.92. The molecular formula is C14H17N5. The van der Waals surface area contributed by atoms with Gasteiger partial charge >= 0.3 is 0 Å². The molecule has 5 heteroatoms. The van der Waals surface area contributed by atoms with Crippen LogP contribution < -0.4 is 11.1 Å². The van der Waals surface area contributed by atoms with Gasteiger partial charge in [0, 0.05) is 6.20 Å². The van der Waals surface area contributed by atoms with Gasteiger partial charge in [0.05, 0.1) is 24.5 Å². The van der Waals surface area contributed by atoms with Crippen LogP contribution in [0.1, 0.15) is 18.4 Å². The average molecular weight is 255 g/mol. The highest BCUT2D eigenvalue weighted by Gasteiger charge is 2.20. The van der Waals surface area contributed by atoms with Gasteiger partial charge in [-0.25, -0.2) is 4.99 Å². The van der Waals surface area contributed by atoms with Gasteiger partial charge in [0.25, 0.3) is 0 Å². The SMILES string of the molecule is NC(=NC1CC1)Nc1cnn(Cc2ccccc2)c1. The fourth-order valence-corrected chi connectivity index (χ4v) is 1.87. The van der Waals surface area contributed by atoms with E-state index < -0.39 is 0 Å². The van der Waals surface area contributed by atoms with E-state index in [0.717, 1.165) is 25.1 Å². The maximum absolute atomic E-state index is 5.81. The van der Waals surface area contributed by atoms with E-state index in [1.54, 1.807) is 6.20 Å². The zero-order valence-electron chi connectivity index (χ0n) is 10.7. The third kappa shape index (κ3) is 3.34. The lowest BCUT2D eigenvalue weighted by Crippen LogP contribution is -2.22. The summed E-state index contributed by atoms with van der Waals surface area (Å²) in [5.74, 6) is 0.474. The predicted octanol–water partition coefficient (Wildman–Crippen LogP) is 1.82. The lowest BCUT2D eigenvalue weighted by molar-refractivity contribution is 0.687. The molecule has 1 aliphatic rings. The van der Waals surface area contributed by atoms with Crippen LogP contribution in [-0.4, -0.2) is 21.8 Å². The lowest BCUT2D eigenvalue weighted by atomic mass is 10.2. The van der Waals surface area contributed by atoms with Gasteiger partial charge in [-0.15, -0.1) is 0 Å². The molecule has 2 aromatic rings. The molecule has 0 saturated heterocycles. The molecule has 1 aromatic carbocycles. The van der Waals surface area contributed by atoms with Crippen molar-refractivity contribution >= 4 is 11.6 Å². The first-order chi connectivity index (χ1) is 9.29. The summed E-state index contributed by atoms with van der Waals surface area (Å²) < 4.78 is 1.88. The summed E-state index contributed by atoms with van der Waals surface area (Å²) in [5, 5.41) is 7.37. The van der Waals surface area contributed by atoms with Crippen LogP contribution in [0.15, 0.2) is 47.7 Å². The first-order valence-corrected chi connectivity index (χ1v) is 6.46. The van der Waals surface area contributed by atoms with E-state index in [1.165, 1.54) is 5.56 Å². The van der Waals surface area contributed by atoms with E-state index in [2.05, 4.69) is 27.5 Å². The Morgan fingerprint density at radius 2 is 2.16 bits per heavy atom. The number of nitrogens with zero attached hydrogens (tertiary/aromatic N) is 3. The van der Waals surface area contributed by atoms with Crippen LogP contribution in [0.2, 0.25) is 0 Å². The van der Waals surface area contributed by atoms with Crippen LogP contribution in [0.25, 0.3) is 0 Å². The van der Waals surface area contributed by atoms with Crippen molar-refractivity contribution in [3.8, 4) is 0 Å². The molecule has 5 nitrogen and oxygen atoms in total. The second-order valence-corrected chi connectivity index (χ2v) is 4.78. The minimum atomic E-state index is 0.423. The molecule has 0 amide bonds. The summed E-state index contributed by atoms with van der Waals surface area (Å²) in [5.41, 5.74) is 7.90. The average Bonchev–Trinajstić information content (AvgIpc) is 3.11. The summed E-state index contributed by atoms with van der Waals surface area (Å²) in [4.78, 5) is 4.32. The Balaban J connectivity index is 1.62. The van der Waals surface area contributed by atoms with Crippen LogP contribution in [-0.2, 0) is 6.54 Å². The third-order valence-electron chi connectivity index (χ3n) is 2.96. The molecule has 3 N–H and O–H groups in total. The molecule has 1 heterocycles. The van der Waals surface area contributed by atoms with Crippen molar-refractivity contribution in [3.63, 3.8) is 0 Å². The highest BCUT2D eigenvalue weighted by Crippen LogP contribution is 2.23. The zero-order valence-corrected chi connectivity index (χ0v) is 10.7. The molecule has 1 aromatic heterocycles. The number of rotatable bonds is 4. The lowest BCUT2D eigenvalue weighted by Gasteiger charge is -2.02. The van der Waals surface area contributed by atoms with Gasteiger partial charge in [-0.05, 0) is 18.4 Å². The van der Waals surface area contributed by atoms with E-state index in [1.807, 2.05) is 29.1 Å². The minimum Gasteiger partial charge on any atom is -0.370 e. The van der Waals surface area contributed by atoms with Crippen molar-refractivity contribution in [2.75, 3.05) is 5.32 Å². The van der Waals surface area contributed by atoms with E-state index in [-0.39, 0.29) is 0 Å². The quantitative estimate of drug-likeness (QED) is 0.647. The Bertz CT molecular complexity index is 569. The summed E-state index contributed by atoms with van der Waals surface area (Å²) in [7, 11) is 0. The molecular weight excluding hydrogens is 238 g/mol. The fraction of sp³-hybridized carbons (Fsp3) is 0.286. The Morgan fingerprint density at radius 3 is 2.89 bits per heavy atom. The van der Waals surface area contributed by atoms with E-state index in [0.29, 0.717) is 12.0 Å². The van der Waals surface area contributed by atoms with Gasteiger partial charge in [-0.2, -0.15) is 5.10 Å². The van der Waals surface area contributed by atoms with Gasteiger partial charge in [-0.1, -0.05) is 30.3 Å². The van der Waals surface area contributed by atoms with Gasteiger partial charge in [0.2, 0.25) is 0 Å². The third-order valence-corrected chi connectivity index (χ3v) is 2.96. The summed E-state index contributed by atoms with van der Waals surface area (Å²) >= 11 is 0. The topological polar surface area (TPSA) is 68.2 Å². The van der Waals surface area contributed by atoms with Crippen molar-refractivity contribution in [2.24, 2.45) is 10.7 Å². The van der Waals surface area contributed by atoms with Crippen LogP contribution in [0.3, 0.4) is 0 Å². The van der Waals surface area contributed by atoms with Gasteiger partial charge in [-0.3, -0.25) is 4.68 Å². The molecule has 0 radical (unpaired) electrons. The number of nitrogens with one attached hydrogen (secondary N) is 1. The Kier molecular flexibility index (Phi) is 3.18. The molecule has 98 valence electrons. The van der Waals surface area contributed by atoms with Crippen LogP contribution in [0.4, 0.5) is 5.69 Å². The molecule has 0 unspecified atom stereocenters. The number of guanidine groups is 1. The molecule has 19 heavy (non-hydrogen) atoms. The Morgan fingerprint density at radius 1 is 1.37 bits per heavy atom. The van der Waals surface area contributed by atoms with Gasteiger partial charge < -0.3 is 11.1 Å². The molecule has 1 aliphatic carbocycles. The van der Waals surface area contributed by atoms with Crippen LogP contribution in [0.5, 0.6) is 0 Å². The number of anilines is 1. The smallest absolute Gasteiger partial charge is 0.193 e. The van der Waals surface area contributed by atoms with Crippen LogP contribution >= 0.6 is 0 Å². The molecule has 0 aliphatic heterocycles. The highest BCUT2D eigenvalue weighted by atomic mass is 15.3. The molecule has 0 bridgehead atoms. The molecule has 0 atom stereocenters. The normalized spacial score (nSPS) is 15.5. The van der Waals surface area contributed by atoms with E-state index in [4.69, 9.17) is 5.73 Å². The van der Waals surface area contributed by atoms with Crippen LogP contribution in [0, 0.1) is 0 Å². The second-order valence-electron chi connectivity index (χ2n) is 4.78. The van der Waals surface area contributed by atoms with Crippen molar-refractivity contribution < 1.29 is 0 Å². The summed E-state index contributed by atoms with van der Waals surface area (Å²) in [6, 6.07) is 10.6. The largest absolute Gasteiger partial charge is 0.370 e. The maximum Gasteiger partial charge on any atom is 0.193 e. The number of nitrogens with two attached hydrogens (primary N) is 1. The fourth-order valence-electron chi connectivity index (χ4n) is 1.87. The predicted molar refractivity (Wildman–Crippen MR) is 76.0 cm³/mol. The van der Waals surface area contributed by atoms with Crippen molar-refractivity contribution in [1.82, 2.24) is 9.78 Å². The van der Waals surface area contributed by atoms with Crippen molar-refractivity contribution in [1.29, 1.82) is 0 Å². The molecule has 3 rings (SSSR count). The zero-order chi connectivity index (χ0) is 13.1. The second kappa shape index (κ2) is 5.14. The number of aliphatic imine (C=N–C) groups is 1. The number of aromatic nitrogens is 2. The Labute approximate surface area is 112 Å². The first-order valence-electron chi connectivity index (χ1n) is 6.46. The summed E-state index contributed by atoms with van der Waals surface area (Å²) in [6.45, 7) is 0.752. The Hall–Kier alpha value is -2.30. The van der Waals surface area contributed by atoms with Crippen molar-refractivity contribution in [3.05, 3.63) is 48.3 Å². The monoisotopic (exact) mass is 255 g/mol. The molecule has 0 spiro atoms. The minimum absolute atomic E-state index is 0.423.